The van der Waals surface area contributed by atoms with E-state index < -0.39 is 0 Å². The van der Waals surface area contributed by atoms with E-state index in [1.54, 1.807) is 12.4 Å². The molecule has 0 unspecified atom stereocenters. The predicted molar refractivity (Wildman–Crippen MR) is 490 cm³/mol. The Kier molecular flexibility index (Phi) is 30.5. The second kappa shape index (κ2) is 41.5. The Morgan fingerprint density at radius 2 is 0.596 bits per heavy atom. The van der Waals surface area contributed by atoms with Crippen LogP contribution in [0.4, 0.5) is 0 Å². The highest BCUT2D eigenvalue weighted by Gasteiger charge is 2.17. The summed E-state index contributed by atoms with van der Waals surface area (Å²) in [4.78, 5) is 16.5. The maximum atomic E-state index is 4.18. The van der Waals surface area contributed by atoms with Gasteiger partial charge in [-0.1, -0.05) is 319 Å². The molecule has 0 amide bonds. The highest BCUT2D eigenvalue weighted by atomic mass is 14.6. The molecule has 12 aromatic carbocycles. The summed E-state index contributed by atoms with van der Waals surface area (Å²) < 4.78 is 0. The zero-order valence-corrected chi connectivity index (χ0v) is 69.6. The van der Waals surface area contributed by atoms with Crippen LogP contribution in [0.5, 0.6) is 0 Å². The van der Waals surface area contributed by atoms with Gasteiger partial charge in [0.05, 0.1) is 0 Å². The van der Waals surface area contributed by atoms with E-state index in [9.17, 15) is 0 Å². The van der Waals surface area contributed by atoms with Gasteiger partial charge in [-0.3, -0.25) is 19.9 Å². The van der Waals surface area contributed by atoms with Gasteiger partial charge in [0.15, 0.2) is 0 Å². The summed E-state index contributed by atoms with van der Waals surface area (Å²) in [6.45, 7) is 35.0. The van der Waals surface area contributed by atoms with Gasteiger partial charge < -0.3 is 0 Å². The molecular formula is C110H110N4. The van der Waals surface area contributed by atoms with Crippen LogP contribution < -0.4 is 0 Å². The molecular weight excluding hydrogens is 1380 g/mol. The number of hydrogen-bond donors (Lipinski definition) is 0. The Hall–Kier alpha value is -12.8. The smallest absolute Gasteiger partial charge is 0.0346 e. The van der Waals surface area contributed by atoms with Crippen LogP contribution in [0.3, 0.4) is 0 Å². The van der Waals surface area contributed by atoms with Crippen molar-refractivity contribution in [1.29, 1.82) is 0 Å². The molecule has 114 heavy (non-hydrogen) atoms. The minimum atomic E-state index is 0.203. The highest BCUT2D eigenvalue weighted by molar-refractivity contribution is 5.77. The molecule has 16 rings (SSSR count). The van der Waals surface area contributed by atoms with Crippen LogP contribution in [0.25, 0.3) is 100 Å². The standard InChI is InChI=1S/2C17H14N2.C17H20.C16H18.C15H16.2C14H14/c1-13-10-16(14-2-6-18-7-3-14)12-17(11-13)15-4-8-19-9-5-15;1-13-8-16(14-4-2-6-18-11-14)10-17(9-13)15-5-3-7-19-12-15;1-13-10-11-15(12-16(13)17(2,3)4)14-8-6-5-7-9-14;1-12(2)15-10-7-11-16(13(15)3)14-8-5-4-6-9-14;1-11-9-12(2)15(13(3)10-11)14-7-5-4-6-8-14;1-11-8-9-14(10-12(11)2)13-6-4-3-5-7-13;1-11-8-9-14(12(2)10-11)13-6-4-3-5-7-13/h2*2-12H,1H3;5-12H,1-4H3;4-12H,1-3H3;4-10H,1-3H3;2*3-10H,1-2H3. The van der Waals surface area contributed by atoms with Crippen LogP contribution in [0.15, 0.2) is 371 Å². The van der Waals surface area contributed by atoms with Crippen LogP contribution >= 0.6 is 0 Å². The Morgan fingerprint density at radius 3 is 1.01 bits per heavy atom. The molecule has 0 N–H and O–H groups in total. The zero-order valence-electron chi connectivity index (χ0n) is 69.6. The van der Waals surface area contributed by atoms with Gasteiger partial charge in [-0.05, 0) is 286 Å². The molecule has 0 aliphatic carbocycles. The average molecular weight is 1490 g/mol. The Morgan fingerprint density at radius 1 is 0.219 bits per heavy atom. The average Bonchev–Trinajstić information content (AvgIpc) is 0.829. The number of hydrogen-bond acceptors (Lipinski definition) is 4. The summed E-state index contributed by atoms with van der Waals surface area (Å²) in [5, 5.41) is 0. The van der Waals surface area contributed by atoms with Crippen molar-refractivity contribution in [3.63, 3.8) is 0 Å². The molecule has 0 aliphatic rings. The SMILES string of the molecule is Cc1c(-c2ccccc2)cccc1C(C)C.Cc1cc(-c2cccnc2)cc(-c2cccnc2)c1.Cc1cc(-c2ccncc2)cc(-c2ccncc2)c1.Cc1cc(C)c(-c2ccccc2)c(C)c1.Cc1ccc(-c2ccccc2)c(C)c1.Cc1ccc(-c2ccccc2)cc1C.Cc1ccc(-c2ccccc2)cc1C(C)(C)C. The Balaban J connectivity index is 0.000000141. The Labute approximate surface area is 681 Å². The summed E-state index contributed by atoms with van der Waals surface area (Å²) in [5.41, 5.74) is 40.4. The van der Waals surface area contributed by atoms with E-state index in [0.717, 1.165) is 11.1 Å². The van der Waals surface area contributed by atoms with Crippen molar-refractivity contribution >= 4 is 0 Å². The van der Waals surface area contributed by atoms with Gasteiger partial charge in [-0.25, -0.2) is 0 Å². The molecule has 570 valence electrons. The topological polar surface area (TPSA) is 51.6 Å². The molecule has 0 atom stereocenters. The maximum absolute atomic E-state index is 4.18. The Bertz CT molecular complexity index is 5360. The first-order valence-electron chi connectivity index (χ1n) is 39.6. The third kappa shape index (κ3) is 24.4. The van der Waals surface area contributed by atoms with Crippen molar-refractivity contribution in [3.05, 3.63) is 443 Å². The second-order valence-electron chi connectivity index (χ2n) is 30.8. The molecule has 16 aromatic rings. The highest BCUT2D eigenvalue weighted by Crippen LogP contribution is 2.35. The van der Waals surface area contributed by atoms with Gasteiger partial charge in [0.1, 0.15) is 0 Å². The first-order valence-corrected chi connectivity index (χ1v) is 39.6. The van der Waals surface area contributed by atoms with Gasteiger partial charge in [-0.15, -0.1) is 0 Å². The van der Waals surface area contributed by atoms with E-state index >= 15 is 0 Å². The lowest BCUT2D eigenvalue weighted by Gasteiger charge is -2.22. The molecule has 4 heterocycles. The number of aryl methyl sites for hydroxylation is 10. The van der Waals surface area contributed by atoms with Crippen molar-refractivity contribution in [1.82, 2.24) is 19.9 Å². The molecule has 0 saturated heterocycles. The summed E-state index contributed by atoms with van der Waals surface area (Å²) >= 11 is 0. The van der Waals surface area contributed by atoms with Crippen molar-refractivity contribution in [2.45, 2.75) is 122 Å². The van der Waals surface area contributed by atoms with E-state index in [4.69, 9.17) is 0 Å². The van der Waals surface area contributed by atoms with E-state index in [2.05, 4.69) is 404 Å². The first-order chi connectivity index (χ1) is 55.1. The molecule has 0 radical (unpaired) electrons. The molecule has 0 bridgehead atoms. The fraction of sp³-hybridized carbons (Fsp3) is 0.164. The molecule has 0 fully saturated rings. The fourth-order valence-corrected chi connectivity index (χ4v) is 14.4. The third-order valence-corrected chi connectivity index (χ3v) is 20.2. The molecule has 0 spiro atoms. The van der Waals surface area contributed by atoms with Crippen molar-refractivity contribution in [2.24, 2.45) is 0 Å². The number of benzene rings is 12. The van der Waals surface area contributed by atoms with Crippen molar-refractivity contribution < 1.29 is 0 Å². The predicted octanol–water partition coefficient (Wildman–Crippen LogP) is 30.2. The third-order valence-electron chi connectivity index (χ3n) is 20.2. The van der Waals surface area contributed by atoms with Gasteiger partial charge >= 0.3 is 0 Å². The summed E-state index contributed by atoms with van der Waals surface area (Å²) in [5.74, 6) is 0.587. The zero-order chi connectivity index (χ0) is 80.9. The normalized spacial score (nSPS) is 10.5. The number of aromatic nitrogens is 4. The fourth-order valence-electron chi connectivity index (χ4n) is 14.4. The van der Waals surface area contributed by atoms with E-state index in [1.807, 2.05) is 85.7 Å². The largest absolute Gasteiger partial charge is 0.265 e. The lowest BCUT2D eigenvalue weighted by molar-refractivity contribution is 0.586. The summed E-state index contributed by atoms with van der Waals surface area (Å²) in [6, 6.07) is 113. The van der Waals surface area contributed by atoms with Gasteiger partial charge in [0.2, 0.25) is 0 Å². The van der Waals surface area contributed by atoms with Crippen molar-refractivity contribution in [3.8, 4) is 100 Å². The minimum Gasteiger partial charge on any atom is -0.265 e. The van der Waals surface area contributed by atoms with Crippen molar-refractivity contribution in [2.75, 3.05) is 0 Å². The summed E-state index contributed by atoms with van der Waals surface area (Å²) in [6.07, 6.45) is 14.7. The van der Waals surface area contributed by atoms with E-state index in [0.29, 0.717) is 5.92 Å². The van der Waals surface area contributed by atoms with Crippen LogP contribution in [0.1, 0.15) is 113 Å². The van der Waals surface area contributed by atoms with Crippen LogP contribution in [0, 0.1) is 76.2 Å². The van der Waals surface area contributed by atoms with E-state index in [1.165, 1.54) is 161 Å². The number of pyridine rings is 4. The molecule has 0 aliphatic heterocycles. The molecule has 0 saturated carbocycles. The number of nitrogens with zero attached hydrogens (tertiary/aromatic N) is 4. The van der Waals surface area contributed by atoms with Crippen LogP contribution in [-0.4, -0.2) is 19.9 Å². The number of rotatable bonds is 10. The minimum absolute atomic E-state index is 0.203. The molecule has 4 heteroatoms. The maximum Gasteiger partial charge on any atom is 0.0346 e. The molecule has 4 aromatic heterocycles. The van der Waals surface area contributed by atoms with E-state index in [-0.39, 0.29) is 5.41 Å². The molecule has 4 nitrogen and oxygen atoms in total. The summed E-state index contributed by atoms with van der Waals surface area (Å²) in [7, 11) is 0. The monoisotopic (exact) mass is 1490 g/mol. The van der Waals surface area contributed by atoms with Gasteiger partial charge in [-0.2, -0.15) is 0 Å². The lowest BCUT2D eigenvalue weighted by atomic mass is 9.82. The van der Waals surface area contributed by atoms with Crippen LogP contribution in [0.2, 0.25) is 0 Å². The second-order valence-corrected chi connectivity index (χ2v) is 30.8. The first kappa shape index (κ1) is 83.7. The lowest BCUT2D eigenvalue weighted by Crippen LogP contribution is -2.13. The van der Waals surface area contributed by atoms with Gasteiger partial charge in [0, 0.05) is 60.7 Å². The van der Waals surface area contributed by atoms with Crippen LogP contribution in [-0.2, 0) is 5.41 Å². The van der Waals surface area contributed by atoms with Gasteiger partial charge in [0.25, 0.3) is 0 Å². The quantitative estimate of drug-likeness (QED) is 0.137.